The van der Waals surface area contributed by atoms with E-state index in [2.05, 4.69) is 25.4 Å². The number of aliphatic hydroxyl groups is 1. The highest BCUT2D eigenvalue weighted by Gasteiger charge is 2.19. The van der Waals surface area contributed by atoms with Crippen LogP contribution in [0.25, 0.3) is 5.95 Å². The first-order valence-corrected chi connectivity index (χ1v) is 7.14. The van der Waals surface area contributed by atoms with Gasteiger partial charge in [-0.3, -0.25) is 0 Å². The Morgan fingerprint density at radius 2 is 2.05 bits per heavy atom. The van der Waals surface area contributed by atoms with Crippen molar-refractivity contribution < 1.29 is 5.11 Å². The molecule has 0 aromatic carbocycles. The number of aromatic nitrogens is 5. The Morgan fingerprint density at radius 3 is 2.76 bits per heavy atom. The molecule has 1 fully saturated rings. The molecule has 0 saturated heterocycles. The van der Waals surface area contributed by atoms with Crippen LogP contribution in [0.5, 0.6) is 0 Å². The highest BCUT2D eigenvalue weighted by molar-refractivity contribution is 5.34. The number of hydrogen-bond donors (Lipinski definition) is 3. The maximum atomic E-state index is 9.51. The second-order valence-corrected chi connectivity index (χ2v) is 5.32. The first-order valence-electron chi connectivity index (χ1n) is 7.14. The molecular formula is C13H19N7O. The van der Waals surface area contributed by atoms with Gasteiger partial charge in [-0.1, -0.05) is 0 Å². The zero-order valence-corrected chi connectivity index (χ0v) is 11.7. The summed E-state index contributed by atoms with van der Waals surface area (Å²) in [7, 11) is 0. The summed E-state index contributed by atoms with van der Waals surface area (Å²) in [5, 5.41) is 16.8. The fourth-order valence-corrected chi connectivity index (χ4v) is 2.53. The molecule has 0 amide bonds. The van der Waals surface area contributed by atoms with Crippen LogP contribution in [-0.4, -0.2) is 42.5 Å². The maximum Gasteiger partial charge on any atom is 0.257 e. The lowest BCUT2D eigenvalue weighted by Gasteiger charge is -2.25. The molecule has 0 radical (unpaired) electrons. The molecule has 21 heavy (non-hydrogen) atoms. The molecule has 2 heterocycles. The van der Waals surface area contributed by atoms with Crippen molar-refractivity contribution in [1.29, 1.82) is 0 Å². The zero-order valence-electron chi connectivity index (χ0n) is 11.7. The van der Waals surface area contributed by atoms with Crippen LogP contribution in [0.1, 0.15) is 25.7 Å². The number of anilines is 2. The predicted octanol–water partition coefficient (Wildman–Crippen LogP) is 0.602. The molecule has 8 heteroatoms. The second kappa shape index (κ2) is 6.04. The second-order valence-electron chi connectivity index (χ2n) is 5.32. The van der Waals surface area contributed by atoms with E-state index in [9.17, 15) is 5.11 Å². The molecule has 2 aromatic heterocycles. The third kappa shape index (κ3) is 3.46. The van der Waals surface area contributed by atoms with Crippen molar-refractivity contribution in [2.45, 2.75) is 31.8 Å². The van der Waals surface area contributed by atoms with E-state index in [1.807, 2.05) is 0 Å². The Hall–Kier alpha value is -2.22. The maximum absolute atomic E-state index is 9.51. The first-order chi connectivity index (χ1) is 10.2. The minimum atomic E-state index is -0.138. The molecule has 1 saturated carbocycles. The minimum absolute atomic E-state index is 0.138. The number of aliphatic hydroxyl groups excluding tert-OH is 1. The minimum Gasteiger partial charge on any atom is -0.393 e. The van der Waals surface area contributed by atoms with E-state index < -0.39 is 0 Å². The van der Waals surface area contributed by atoms with E-state index >= 15 is 0 Å². The average molecular weight is 289 g/mol. The molecule has 0 aliphatic heterocycles. The number of nitrogen functional groups attached to an aromatic ring is 1. The van der Waals surface area contributed by atoms with Gasteiger partial charge < -0.3 is 16.2 Å². The first kappa shape index (κ1) is 13.7. The van der Waals surface area contributed by atoms with Gasteiger partial charge in [0, 0.05) is 18.9 Å². The molecule has 0 unspecified atom stereocenters. The summed E-state index contributed by atoms with van der Waals surface area (Å²) in [5.41, 5.74) is 5.72. The van der Waals surface area contributed by atoms with Crippen molar-refractivity contribution in [3.63, 3.8) is 0 Å². The molecule has 0 atom stereocenters. The van der Waals surface area contributed by atoms with Gasteiger partial charge in [0.05, 0.1) is 6.10 Å². The summed E-state index contributed by atoms with van der Waals surface area (Å²) in [6.07, 6.45) is 7.03. The van der Waals surface area contributed by atoms with E-state index in [1.165, 1.54) is 0 Å². The molecule has 8 nitrogen and oxygen atoms in total. The highest BCUT2D eigenvalue weighted by Crippen LogP contribution is 2.24. The molecule has 0 spiro atoms. The lowest BCUT2D eigenvalue weighted by atomic mass is 9.87. The van der Waals surface area contributed by atoms with Crippen LogP contribution in [-0.2, 0) is 0 Å². The molecule has 3 rings (SSSR count). The molecular weight excluding hydrogens is 270 g/mol. The smallest absolute Gasteiger partial charge is 0.257 e. The monoisotopic (exact) mass is 289 g/mol. The van der Waals surface area contributed by atoms with E-state index in [-0.39, 0.29) is 12.1 Å². The number of nitrogens with one attached hydrogen (secondary N) is 1. The number of nitrogens with zero attached hydrogens (tertiary/aromatic N) is 5. The van der Waals surface area contributed by atoms with Gasteiger partial charge in [-0.05, 0) is 37.7 Å². The molecule has 1 aliphatic rings. The molecule has 4 N–H and O–H groups in total. The Labute approximate surface area is 122 Å². The highest BCUT2D eigenvalue weighted by atomic mass is 16.3. The third-order valence-electron chi connectivity index (χ3n) is 3.72. The third-order valence-corrected chi connectivity index (χ3v) is 3.72. The van der Waals surface area contributed by atoms with Gasteiger partial charge in [0.2, 0.25) is 11.9 Å². The summed E-state index contributed by atoms with van der Waals surface area (Å²) in [6.45, 7) is 0.773. The molecule has 2 aromatic rings. The summed E-state index contributed by atoms with van der Waals surface area (Å²) in [5.74, 6) is 1.55. The van der Waals surface area contributed by atoms with Crippen LogP contribution in [0, 0.1) is 5.92 Å². The van der Waals surface area contributed by atoms with Gasteiger partial charge in [0.1, 0.15) is 0 Å². The number of rotatable bonds is 4. The van der Waals surface area contributed by atoms with Crippen LogP contribution in [0.4, 0.5) is 11.9 Å². The quantitative estimate of drug-likeness (QED) is 0.755. The summed E-state index contributed by atoms with van der Waals surface area (Å²) in [6, 6.07) is 1.79. The number of nitrogens with two attached hydrogens (primary N) is 1. The van der Waals surface area contributed by atoms with Gasteiger partial charge in [0.15, 0.2) is 0 Å². The topological polar surface area (TPSA) is 115 Å². The molecule has 0 bridgehead atoms. The van der Waals surface area contributed by atoms with Crippen molar-refractivity contribution in [2.75, 3.05) is 17.6 Å². The van der Waals surface area contributed by atoms with Crippen molar-refractivity contribution in [3.05, 3.63) is 18.5 Å². The van der Waals surface area contributed by atoms with Crippen molar-refractivity contribution in [3.8, 4) is 5.95 Å². The fraction of sp³-hybridized carbons (Fsp3) is 0.538. The van der Waals surface area contributed by atoms with Gasteiger partial charge in [-0.2, -0.15) is 20.1 Å². The van der Waals surface area contributed by atoms with E-state index in [0.717, 1.165) is 32.2 Å². The van der Waals surface area contributed by atoms with Gasteiger partial charge >= 0.3 is 0 Å². The van der Waals surface area contributed by atoms with Crippen LogP contribution < -0.4 is 11.1 Å². The normalized spacial score (nSPS) is 22.1. The standard InChI is InChI=1S/C13H19N7O/c14-11-17-12(15-8-9-2-4-10(21)5-3-9)19-13(18-11)20-7-1-6-16-20/h1,6-7,9-10,21H,2-5,8H2,(H3,14,15,17,18,19). The number of hydrogen-bond acceptors (Lipinski definition) is 7. The van der Waals surface area contributed by atoms with E-state index in [4.69, 9.17) is 5.73 Å². The Kier molecular flexibility index (Phi) is 3.96. The average Bonchev–Trinajstić information content (AvgIpc) is 3.00. The lowest BCUT2D eigenvalue weighted by molar-refractivity contribution is 0.111. The summed E-state index contributed by atoms with van der Waals surface area (Å²) >= 11 is 0. The van der Waals surface area contributed by atoms with Crippen molar-refractivity contribution in [2.24, 2.45) is 5.92 Å². The van der Waals surface area contributed by atoms with E-state index in [1.54, 1.807) is 23.1 Å². The van der Waals surface area contributed by atoms with Gasteiger partial charge in [0.25, 0.3) is 5.95 Å². The summed E-state index contributed by atoms with van der Waals surface area (Å²) < 4.78 is 1.54. The zero-order chi connectivity index (χ0) is 14.7. The Balaban J connectivity index is 1.65. The molecule has 112 valence electrons. The van der Waals surface area contributed by atoms with Crippen molar-refractivity contribution >= 4 is 11.9 Å². The molecule has 1 aliphatic carbocycles. The SMILES string of the molecule is Nc1nc(NCC2CCC(O)CC2)nc(-n2cccn2)n1. The Bertz CT molecular complexity index is 578. The fourth-order valence-electron chi connectivity index (χ4n) is 2.53. The van der Waals surface area contributed by atoms with Gasteiger partial charge in [-0.15, -0.1) is 0 Å². The van der Waals surface area contributed by atoms with Crippen LogP contribution >= 0.6 is 0 Å². The van der Waals surface area contributed by atoms with Crippen LogP contribution in [0.3, 0.4) is 0 Å². The largest absolute Gasteiger partial charge is 0.393 e. The lowest BCUT2D eigenvalue weighted by Crippen LogP contribution is -2.24. The summed E-state index contributed by atoms with van der Waals surface area (Å²) in [4.78, 5) is 12.5. The van der Waals surface area contributed by atoms with Crippen molar-refractivity contribution in [1.82, 2.24) is 24.7 Å². The predicted molar refractivity (Wildman–Crippen MR) is 77.8 cm³/mol. The van der Waals surface area contributed by atoms with Crippen LogP contribution in [0.15, 0.2) is 18.5 Å². The van der Waals surface area contributed by atoms with Crippen LogP contribution in [0.2, 0.25) is 0 Å². The van der Waals surface area contributed by atoms with E-state index in [0.29, 0.717) is 17.8 Å². The van der Waals surface area contributed by atoms with Gasteiger partial charge in [-0.25, -0.2) is 4.68 Å². The Morgan fingerprint density at radius 1 is 1.24 bits per heavy atom.